The Kier molecular flexibility index (Phi) is 5.26. The first-order valence-electron chi connectivity index (χ1n) is 4.69. The summed E-state index contributed by atoms with van der Waals surface area (Å²) >= 11 is 8.54. The average molecular weight is 294 g/mol. The van der Waals surface area contributed by atoms with E-state index in [2.05, 4.69) is 15.9 Å². The quantitative estimate of drug-likeness (QED) is 0.452. The summed E-state index contributed by atoms with van der Waals surface area (Å²) in [4.78, 5) is 11.6. The summed E-state index contributed by atoms with van der Waals surface area (Å²) in [5.41, 5.74) is 0.422. The smallest absolute Gasteiger partial charge is 0.162 e. The summed E-state index contributed by atoms with van der Waals surface area (Å²) in [6.45, 7) is 0. The number of Topliss-reactive ketones (excluding diaryl/α,β-unsaturated/α-hetero) is 1. The fourth-order valence-electron chi connectivity index (χ4n) is 1.19. The molecule has 1 aromatic rings. The molecule has 15 heavy (non-hydrogen) atoms. The molecule has 0 bridgehead atoms. The van der Waals surface area contributed by atoms with E-state index in [0.29, 0.717) is 22.3 Å². The Morgan fingerprint density at radius 1 is 1.40 bits per heavy atom. The van der Waals surface area contributed by atoms with Gasteiger partial charge in [0.15, 0.2) is 5.78 Å². The Hall–Kier alpha value is -0.410. The van der Waals surface area contributed by atoms with E-state index in [4.69, 9.17) is 11.6 Å². The normalized spacial score (nSPS) is 10.3. The van der Waals surface area contributed by atoms with Gasteiger partial charge in [0, 0.05) is 17.9 Å². The van der Waals surface area contributed by atoms with E-state index in [1.54, 1.807) is 12.1 Å². The zero-order valence-corrected chi connectivity index (χ0v) is 10.4. The maximum atomic E-state index is 13.1. The SMILES string of the molecule is O=C(CCCCCl)c1ccc(Br)c(F)c1. The summed E-state index contributed by atoms with van der Waals surface area (Å²) in [6, 6.07) is 4.42. The van der Waals surface area contributed by atoms with Crippen LogP contribution in [0.4, 0.5) is 4.39 Å². The molecule has 4 heteroatoms. The highest BCUT2D eigenvalue weighted by atomic mass is 79.9. The van der Waals surface area contributed by atoms with Crippen LogP contribution in [0.2, 0.25) is 0 Å². The van der Waals surface area contributed by atoms with Gasteiger partial charge in [-0.2, -0.15) is 0 Å². The molecule has 0 heterocycles. The van der Waals surface area contributed by atoms with E-state index >= 15 is 0 Å². The molecule has 1 rings (SSSR count). The molecule has 0 aliphatic carbocycles. The van der Waals surface area contributed by atoms with Gasteiger partial charge in [-0.15, -0.1) is 11.6 Å². The van der Waals surface area contributed by atoms with Crippen molar-refractivity contribution in [2.24, 2.45) is 0 Å². The number of hydrogen-bond donors (Lipinski definition) is 0. The third-order valence-corrected chi connectivity index (χ3v) is 2.94. The molecule has 0 aliphatic rings. The number of alkyl halides is 1. The first-order chi connectivity index (χ1) is 7.15. The zero-order valence-electron chi connectivity index (χ0n) is 8.10. The highest BCUT2D eigenvalue weighted by Gasteiger charge is 2.08. The van der Waals surface area contributed by atoms with Gasteiger partial charge in [-0.05, 0) is 40.9 Å². The van der Waals surface area contributed by atoms with Gasteiger partial charge in [0.1, 0.15) is 5.82 Å². The molecule has 0 radical (unpaired) electrons. The van der Waals surface area contributed by atoms with Gasteiger partial charge in [0.05, 0.1) is 4.47 Å². The van der Waals surface area contributed by atoms with Crippen molar-refractivity contribution in [3.63, 3.8) is 0 Å². The van der Waals surface area contributed by atoms with Gasteiger partial charge in [0.25, 0.3) is 0 Å². The van der Waals surface area contributed by atoms with Crippen molar-refractivity contribution in [3.8, 4) is 0 Å². The Bertz CT molecular complexity index is 354. The van der Waals surface area contributed by atoms with Crippen LogP contribution in [0, 0.1) is 5.82 Å². The molecule has 1 aromatic carbocycles. The van der Waals surface area contributed by atoms with Gasteiger partial charge in [-0.1, -0.05) is 6.07 Å². The average Bonchev–Trinajstić information content (AvgIpc) is 2.22. The van der Waals surface area contributed by atoms with Crippen LogP contribution in [0.25, 0.3) is 0 Å². The van der Waals surface area contributed by atoms with Crippen LogP contribution in [0.5, 0.6) is 0 Å². The lowest BCUT2D eigenvalue weighted by molar-refractivity contribution is 0.0979. The molecular weight excluding hydrogens is 282 g/mol. The van der Waals surface area contributed by atoms with Crippen molar-refractivity contribution in [3.05, 3.63) is 34.1 Å². The molecule has 0 aromatic heterocycles. The molecule has 0 aliphatic heterocycles. The van der Waals surface area contributed by atoms with Gasteiger partial charge >= 0.3 is 0 Å². The lowest BCUT2D eigenvalue weighted by atomic mass is 10.1. The van der Waals surface area contributed by atoms with Gasteiger partial charge in [0.2, 0.25) is 0 Å². The van der Waals surface area contributed by atoms with Crippen LogP contribution in [-0.2, 0) is 0 Å². The fraction of sp³-hybridized carbons (Fsp3) is 0.364. The summed E-state index contributed by atoms with van der Waals surface area (Å²) in [6.07, 6.45) is 1.99. The van der Waals surface area contributed by atoms with Gasteiger partial charge < -0.3 is 0 Å². The molecule has 0 N–H and O–H groups in total. The monoisotopic (exact) mass is 292 g/mol. The second kappa shape index (κ2) is 6.23. The lowest BCUT2D eigenvalue weighted by Crippen LogP contribution is -1.99. The van der Waals surface area contributed by atoms with E-state index in [-0.39, 0.29) is 5.78 Å². The minimum atomic E-state index is -0.404. The third-order valence-electron chi connectivity index (χ3n) is 2.03. The Labute approximate surface area is 102 Å². The maximum Gasteiger partial charge on any atom is 0.162 e. The lowest BCUT2D eigenvalue weighted by Gasteiger charge is -2.01. The largest absolute Gasteiger partial charge is 0.294 e. The van der Waals surface area contributed by atoms with Crippen molar-refractivity contribution in [1.29, 1.82) is 0 Å². The van der Waals surface area contributed by atoms with Crippen LogP contribution in [0.15, 0.2) is 22.7 Å². The van der Waals surface area contributed by atoms with Crippen molar-refractivity contribution in [1.82, 2.24) is 0 Å². The van der Waals surface area contributed by atoms with Crippen LogP contribution in [-0.4, -0.2) is 11.7 Å². The summed E-state index contributed by atoms with van der Waals surface area (Å²) < 4.78 is 13.5. The number of carbonyl (C=O) groups excluding carboxylic acids is 1. The second-order valence-corrected chi connectivity index (χ2v) is 4.43. The number of carbonyl (C=O) groups is 1. The number of rotatable bonds is 5. The van der Waals surface area contributed by atoms with E-state index in [0.717, 1.165) is 12.8 Å². The first kappa shape index (κ1) is 12.7. The van der Waals surface area contributed by atoms with E-state index < -0.39 is 5.82 Å². The highest BCUT2D eigenvalue weighted by molar-refractivity contribution is 9.10. The molecule has 0 atom stereocenters. The molecule has 1 nitrogen and oxygen atoms in total. The maximum absolute atomic E-state index is 13.1. The molecule has 82 valence electrons. The number of unbranched alkanes of at least 4 members (excludes halogenated alkanes) is 1. The zero-order chi connectivity index (χ0) is 11.3. The van der Waals surface area contributed by atoms with E-state index in [1.807, 2.05) is 0 Å². The first-order valence-corrected chi connectivity index (χ1v) is 6.02. The Morgan fingerprint density at radius 3 is 2.73 bits per heavy atom. The molecule has 0 fully saturated rings. The van der Waals surface area contributed by atoms with Crippen molar-refractivity contribution >= 4 is 33.3 Å². The predicted molar refractivity (Wildman–Crippen MR) is 63.0 cm³/mol. The van der Waals surface area contributed by atoms with E-state index in [1.165, 1.54) is 6.07 Å². The minimum Gasteiger partial charge on any atom is -0.294 e. The van der Waals surface area contributed by atoms with Crippen LogP contribution in [0.3, 0.4) is 0 Å². The second-order valence-electron chi connectivity index (χ2n) is 3.20. The number of benzene rings is 1. The topological polar surface area (TPSA) is 17.1 Å². The summed E-state index contributed by atoms with van der Waals surface area (Å²) in [5, 5.41) is 0. The van der Waals surface area contributed by atoms with Crippen molar-refractivity contribution in [2.45, 2.75) is 19.3 Å². The van der Waals surface area contributed by atoms with Gasteiger partial charge in [-0.25, -0.2) is 4.39 Å². The Morgan fingerprint density at radius 2 is 2.13 bits per heavy atom. The van der Waals surface area contributed by atoms with Crippen LogP contribution in [0.1, 0.15) is 29.6 Å². The predicted octanol–water partition coefficient (Wildman–Crippen LogP) is 4.18. The van der Waals surface area contributed by atoms with Gasteiger partial charge in [-0.3, -0.25) is 4.79 Å². The molecular formula is C11H11BrClFO. The molecule has 0 spiro atoms. The molecule has 0 amide bonds. The molecule has 0 unspecified atom stereocenters. The molecule has 0 saturated heterocycles. The minimum absolute atomic E-state index is 0.0356. The highest BCUT2D eigenvalue weighted by Crippen LogP contribution is 2.17. The Balaban J connectivity index is 2.62. The van der Waals surface area contributed by atoms with Crippen molar-refractivity contribution < 1.29 is 9.18 Å². The van der Waals surface area contributed by atoms with Crippen LogP contribution >= 0.6 is 27.5 Å². The number of ketones is 1. The number of halogens is 3. The summed E-state index contributed by atoms with van der Waals surface area (Å²) in [7, 11) is 0. The van der Waals surface area contributed by atoms with Crippen molar-refractivity contribution in [2.75, 3.05) is 5.88 Å². The van der Waals surface area contributed by atoms with E-state index in [9.17, 15) is 9.18 Å². The number of hydrogen-bond acceptors (Lipinski definition) is 1. The summed E-state index contributed by atoms with van der Waals surface area (Å²) in [5.74, 6) is 0.117. The fourth-order valence-corrected chi connectivity index (χ4v) is 1.63. The molecule has 0 saturated carbocycles. The third kappa shape index (κ3) is 3.92. The van der Waals surface area contributed by atoms with Crippen LogP contribution < -0.4 is 0 Å². The standard InChI is InChI=1S/C11H11BrClFO/c12-9-5-4-8(7-10(9)14)11(15)3-1-2-6-13/h4-5,7H,1-3,6H2.